The highest BCUT2D eigenvalue weighted by Crippen LogP contribution is 2.07. The van der Waals surface area contributed by atoms with Crippen molar-refractivity contribution >= 4 is 0 Å². The van der Waals surface area contributed by atoms with Gasteiger partial charge in [0.2, 0.25) is 0 Å². The standard InChI is InChI=1S/C12H22N2/c1-5-11-6-7-12(14(11)4)9-13-8-10(2)3/h6-7,10,13H,5,8-9H2,1-4H3. The quantitative estimate of drug-likeness (QED) is 0.761. The van der Waals surface area contributed by atoms with E-state index in [0.29, 0.717) is 0 Å². The molecule has 1 aromatic rings. The number of hydrogen-bond acceptors (Lipinski definition) is 1. The number of rotatable bonds is 5. The molecular formula is C12H22N2. The molecule has 2 nitrogen and oxygen atoms in total. The molecule has 14 heavy (non-hydrogen) atoms. The van der Waals surface area contributed by atoms with Crippen molar-refractivity contribution in [2.24, 2.45) is 13.0 Å². The molecule has 0 aliphatic rings. The lowest BCUT2D eigenvalue weighted by Crippen LogP contribution is -2.20. The predicted octanol–water partition coefficient (Wildman–Crippen LogP) is 2.33. The monoisotopic (exact) mass is 194 g/mol. The van der Waals surface area contributed by atoms with Crippen molar-refractivity contribution in [3.63, 3.8) is 0 Å². The second kappa shape index (κ2) is 5.20. The van der Waals surface area contributed by atoms with Gasteiger partial charge in [-0.15, -0.1) is 0 Å². The van der Waals surface area contributed by atoms with Crippen LogP contribution in [0.15, 0.2) is 12.1 Å². The molecule has 0 atom stereocenters. The molecular weight excluding hydrogens is 172 g/mol. The maximum atomic E-state index is 3.46. The summed E-state index contributed by atoms with van der Waals surface area (Å²) in [4.78, 5) is 0. The van der Waals surface area contributed by atoms with Crippen LogP contribution in [0.5, 0.6) is 0 Å². The summed E-state index contributed by atoms with van der Waals surface area (Å²) < 4.78 is 2.29. The van der Waals surface area contributed by atoms with E-state index in [9.17, 15) is 0 Å². The summed E-state index contributed by atoms with van der Waals surface area (Å²) in [6.45, 7) is 8.73. The van der Waals surface area contributed by atoms with Gasteiger partial charge in [-0.05, 0) is 31.0 Å². The molecule has 80 valence electrons. The molecule has 1 rings (SSSR count). The molecule has 0 fully saturated rings. The lowest BCUT2D eigenvalue weighted by Gasteiger charge is -2.09. The molecule has 0 radical (unpaired) electrons. The first kappa shape index (κ1) is 11.3. The van der Waals surface area contributed by atoms with Crippen molar-refractivity contribution < 1.29 is 0 Å². The van der Waals surface area contributed by atoms with E-state index in [1.807, 2.05) is 0 Å². The Kier molecular flexibility index (Phi) is 4.21. The van der Waals surface area contributed by atoms with E-state index < -0.39 is 0 Å². The number of aromatic nitrogens is 1. The molecule has 0 unspecified atom stereocenters. The lowest BCUT2D eigenvalue weighted by atomic mass is 10.2. The van der Waals surface area contributed by atoms with Crippen LogP contribution in [-0.2, 0) is 20.0 Å². The zero-order valence-electron chi connectivity index (χ0n) is 9.80. The van der Waals surface area contributed by atoms with E-state index in [1.54, 1.807) is 0 Å². The first-order valence-electron chi connectivity index (χ1n) is 5.49. The summed E-state index contributed by atoms with van der Waals surface area (Å²) >= 11 is 0. The lowest BCUT2D eigenvalue weighted by molar-refractivity contribution is 0.541. The van der Waals surface area contributed by atoms with Gasteiger partial charge in [0.15, 0.2) is 0 Å². The molecule has 0 spiro atoms. The van der Waals surface area contributed by atoms with E-state index in [0.717, 1.165) is 25.4 Å². The third kappa shape index (κ3) is 2.88. The third-order valence-electron chi connectivity index (χ3n) is 2.55. The van der Waals surface area contributed by atoms with Crippen molar-refractivity contribution in [1.29, 1.82) is 0 Å². The number of nitrogens with zero attached hydrogens (tertiary/aromatic N) is 1. The molecule has 0 aliphatic carbocycles. The van der Waals surface area contributed by atoms with Crippen LogP contribution in [0.4, 0.5) is 0 Å². The highest BCUT2D eigenvalue weighted by molar-refractivity contribution is 5.15. The highest BCUT2D eigenvalue weighted by Gasteiger charge is 2.02. The molecule has 1 heterocycles. The van der Waals surface area contributed by atoms with Crippen molar-refractivity contribution in [3.05, 3.63) is 23.5 Å². The summed E-state index contributed by atoms with van der Waals surface area (Å²) in [5.41, 5.74) is 2.79. The van der Waals surface area contributed by atoms with Crippen LogP contribution in [-0.4, -0.2) is 11.1 Å². The normalized spacial score (nSPS) is 11.2. The van der Waals surface area contributed by atoms with Crippen LogP contribution in [0, 0.1) is 5.92 Å². The molecule has 2 heteroatoms. The summed E-state index contributed by atoms with van der Waals surface area (Å²) in [5, 5.41) is 3.46. The summed E-state index contributed by atoms with van der Waals surface area (Å²) in [7, 11) is 2.14. The second-order valence-electron chi connectivity index (χ2n) is 4.25. The molecule has 0 saturated carbocycles. The fraction of sp³-hybridized carbons (Fsp3) is 0.667. The molecule has 0 bridgehead atoms. The molecule has 1 N–H and O–H groups in total. The van der Waals surface area contributed by atoms with Crippen LogP contribution >= 0.6 is 0 Å². The Balaban J connectivity index is 2.46. The molecule has 1 aromatic heterocycles. The topological polar surface area (TPSA) is 17.0 Å². The van der Waals surface area contributed by atoms with Gasteiger partial charge in [-0.25, -0.2) is 0 Å². The fourth-order valence-electron chi connectivity index (χ4n) is 1.62. The Morgan fingerprint density at radius 3 is 2.43 bits per heavy atom. The van der Waals surface area contributed by atoms with E-state index in [2.05, 4.69) is 49.8 Å². The predicted molar refractivity (Wildman–Crippen MR) is 61.3 cm³/mol. The first-order chi connectivity index (χ1) is 6.65. The average molecular weight is 194 g/mol. The van der Waals surface area contributed by atoms with Gasteiger partial charge in [0, 0.05) is 25.0 Å². The maximum Gasteiger partial charge on any atom is 0.0359 e. The molecule has 0 aliphatic heterocycles. The Labute approximate surface area is 87.3 Å². The third-order valence-corrected chi connectivity index (χ3v) is 2.55. The minimum absolute atomic E-state index is 0.723. The summed E-state index contributed by atoms with van der Waals surface area (Å²) in [6, 6.07) is 4.43. The summed E-state index contributed by atoms with van der Waals surface area (Å²) in [6.07, 6.45) is 1.11. The van der Waals surface area contributed by atoms with Gasteiger partial charge in [0.25, 0.3) is 0 Å². The van der Waals surface area contributed by atoms with Crippen LogP contribution in [0.3, 0.4) is 0 Å². The zero-order chi connectivity index (χ0) is 10.6. The van der Waals surface area contributed by atoms with Gasteiger partial charge >= 0.3 is 0 Å². The van der Waals surface area contributed by atoms with Crippen LogP contribution in [0.1, 0.15) is 32.2 Å². The Morgan fingerprint density at radius 2 is 1.93 bits per heavy atom. The Hall–Kier alpha value is -0.760. The van der Waals surface area contributed by atoms with Gasteiger partial charge < -0.3 is 9.88 Å². The average Bonchev–Trinajstić information content (AvgIpc) is 2.47. The Bertz CT molecular complexity index is 274. The Morgan fingerprint density at radius 1 is 1.29 bits per heavy atom. The van der Waals surface area contributed by atoms with Crippen molar-refractivity contribution in [2.45, 2.75) is 33.7 Å². The largest absolute Gasteiger partial charge is 0.350 e. The van der Waals surface area contributed by atoms with E-state index >= 15 is 0 Å². The van der Waals surface area contributed by atoms with Crippen molar-refractivity contribution in [2.75, 3.05) is 6.54 Å². The van der Waals surface area contributed by atoms with Crippen LogP contribution < -0.4 is 5.32 Å². The van der Waals surface area contributed by atoms with Gasteiger partial charge in [-0.2, -0.15) is 0 Å². The number of nitrogens with one attached hydrogen (secondary N) is 1. The SMILES string of the molecule is CCc1ccc(CNCC(C)C)n1C. The van der Waals surface area contributed by atoms with E-state index in [4.69, 9.17) is 0 Å². The smallest absolute Gasteiger partial charge is 0.0359 e. The molecule has 0 aromatic carbocycles. The van der Waals surface area contributed by atoms with Crippen molar-refractivity contribution in [1.82, 2.24) is 9.88 Å². The number of hydrogen-bond donors (Lipinski definition) is 1. The first-order valence-corrected chi connectivity index (χ1v) is 5.49. The van der Waals surface area contributed by atoms with Crippen LogP contribution in [0.2, 0.25) is 0 Å². The fourth-order valence-corrected chi connectivity index (χ4v) is 1.62. The van der Waals surface area contributed by atoms with E-state index in [-0.39, 0.29) is 0 Å². The minimum atomic E-state index is 0.723. The maximum absolute atomic E-state index is 3.46. The second-order valence-corrected chi connectivity index (χ2v) is 4.25. The van der Waals surface area contributed by atoms with Gasteiger partial charge in [-0.1, -0.05) is 20.8 Å². The van der Waals surface area contributed by atoms with Crippen molar-refractivity contribution in [3.8, 4) is 0 Å². The van der Waals surface area contributed by atoms with Crippen LogP contribution in [0.25, 0.3) is 0 Å². The van der Waals surface area contributed by atoms with E-state index in [1.165, 1.54) is 11.4 Å². The zero-order valence-corrected chi connectivity index (χ0v) is 9.80. The summed E-state index contributed by atoms with van der Waals surface area (Å²) in [5.74, 6) is 0.723. The highest BCUT2D eigenvalue weighted by atomic mass is 15.0. The minimum Gasteiger partial charge on any atom is -0.350 e. The molecule has 0 saturated heterocycles. The number of aryl methyl sites for hydroxylation is 1. The molecule has 0 amide bonds. The van der Waals surface area contributed by atoms with Gasteiger partial charge in [0.05, 0.1) is 0 Å². The van der Waals surface area contributed by atoms with Gasteiger partial charge in [-0.3, -0.25) is 0 Å². The van der Waals surface area contributed by atoms with Gasteiger partial charge in [0.1, 0.15) is 0 Å².